The van der Waals surface area contributed by atoms with Crippen LogP contribution in [0.2, 0.25) is 5.02 Å². The van der Waals surface area contributed by atoms with Crippen molar-refractivity contribution in [2.45, 2.75) is 25.3 Å². The number of nitrogens with one attached hydrogen (secondary N) is 1. The lowest BCUT2D eigenvalue weighted by molar-refractivity contribution is -0.511. The molecule has 1 heterocycles. The molecule has 2 atom stereocenters. The summed E-state index contributed by atoms with van der Waals surface area (Å²) in [5.41, 5.74) is 0.897. The molecule has 0 fully saturated rings. The topological polar surface area (TPSA) is 98.5 Å². The number of halogens is 1. The molecule has 0 aliphatic carbocycles. The van der Waals surface area contributed by atoms with E-state index in [0.29, 0.717) is 16.3 Å². The van der Waals surface area contributed by atoms with Gasteiger partial charge in [-0.1, -0.05) is 17.7 Å². The van der Waals surface area contributed by atoms with Gasteiger partial charge < -0.3 is 10.1 Å². The van der Waals surface area contributed by atoms with Crippen molar-refractivity contribution in [2.75, 3.05) is 11.9 Å². The van der Waals surface area contributed by atoms with Gasteiger partial charge in [0.25, 0.3) is 11.9 Å². The molecule has 1 N–H and O–H groups in total. The molecule has 0 radical (unpaired) electrons. The van der Waals surface area contributed by atoms with Gasteiger partial charge in [-0.05, 0) is 24.6 Å². The number of ether oxygens (including phenoxy) is 1. The molecule has 7 nitrogen and oxygen atoms in total. The second kappa shape index (κ2) is 6.09. The molecule has 1 aliphatic rings. The Balaban J connectivity index is 2.42. The lowest BCUT2D eigenvalue weighted by Gasteiger charge is -2.27. The summed E-state index contributed by atoms with van der Waals surface area (Å²) in [5.74, 6) is -2.21. The highest BCUT2D eigenvalue weighted by atomic mass is 35.5. The van der Waals surface area contributed by atoms with E-state index in [1.807, 2.05) is 0 Å². The van der Waals surface area contributed by atoms with E-state index in [1.54, 1.807) is 19.1 Å². The normalized spacial score (nSPS) is 20.4. The molecule has 112 valence electrons. The lowest BCUT2D eigenvalue weighted by atomic mass is 9.84. The Hall–Kier alpha value is -2.15. The van der Waals surface area contributed by atoms with Crippen molar-refractivity contribution in [3.05, 3.63) is 38.9 Å². The van der Waals surface area contributed by atoms with Gasteiger partial charge in [0.15, 0.2) is 0 Å². The first-order valence-electron chi connectivity index (χ1n) is 6.33. The predicted octanol–water partition coefficient (Wildman–Crippen LogP) is 1.97. The summed E-state index contributed by atoms with van der Waals surface area (Å²) in [6.45, 7) is 1.82. The summed E-state index contributed by atoms with van der Waals surface area (Å²) < 4.78 is 4.83. The number of nitrogens with zero attached hydrogens (tertiary/aromatic N) is 1. The number of carbonyl (C=O) groups excluding carboxylic acids is 2. The van der Waals surface area contributed by atoms with Crippen molar-refractivity contribution in [3.8, 4) is 0 Å². The summed E-state index contributed by atoms with van der Waals surface area (Å²) >= 11 is 5.85. The van der Waals surface area contributed by atoms with Gasteiger partial charge in [-0.2, -0.15) is 0 Å². The number of amides is 1. The first kappa shape index (κ1) is 15.2. The zero-order chi connectivity index (χ0) is 15.6. The van der Waals surface area contributed by atoms with Crippen molar-refractivity contribution < 1.29 is 19.2 Å². The molecule has 2 unspecified atom stereocenters. The summed E-state index contributed by atoms with van der Waals surface area (Å²) in [4.78, 5) is 34.0. The number of esters is 1. The quantitative estimate of drug-likeness (QED) is 0.520. The Morgan fingerprint density at radius 3 is 2.86 bits per heavy atom. The van der Waals surface area contributed by atoms with Gasteiger partial charge >= 0.3 is 5.97 Å². The third kappa shape index (κ3) is 3.13. The van der Waals surface area contributed by atoms with E-state index in [-0.39, 0.29) is 13.0 Å². The molecule has 0 saturated heterocycles. The molecule has 0 aromatic heterocycles. The van der Waals surface area contributed by atoms with Crippen molar-refractivity contribution in [1.29, 1.82) is 0 Å². The number of hydrogen-bond acceptors (Lipinski definition) is 5. The van der Waals surface area contributed by atoms with Gasteiger partial charge in [0, 0.05) is 15.6 Å². The molecule has 1 aliphatic heterocycles. The predicted molar refractivity (Wildman–Crippen MR) is 74.9 cm³/mol. The highest BCUT2D eigenvalue weighted by Crippen LogP contribution is 2.37. The van der Waals surface area contributed by atoms with Crippen LogP contribution in [-0.2, 0) is 14.3 Å². The molecule has 1 amide bonds. The minimum Gasteiger partial charge on any atom is -0.466 e. The molecular weight excluding hydrogens is 300 g/mol. The van der Waals surface area contributed by atoms with Crippen LogP contribution >= 0.6 is 11.6 Å². The van der Waals surface area contributed by atoms with Crippen LogP contribution in [0.3, 0.4) is 0 Å². The van der Waals surface area contributed by atoms with E-state index in [9.17, 15) is 19.7 Å². The average molecular weight is 313 g/mol. The Morgan fingerprint density at radius 2 is 2.24 bits per heavy atom. The van der Waals surface area contributed by atoms with Crippen LogP contribution < -0.4 is 5.32 Å². The van der Waals surface area contributed by atoms with E-state index in [0.717, 1.165) is 0 Å². The number of hydrogen-bond donors (Lipinski definition) is 1. The summed E-state index contributed by atoms with van der Waals surface area (Å²) in [6.07, 6.45) is -0.235. The van der Waals surface area contributed by atoms with E-state index in [4.69, 9.17) is 16.3 Å². The van der Waals surface area contributed by atoms with E-state index >= 15 is 0 Å². The second-order valence-electron chi connectivity index (χ2n) is 4.57. The number of benzene rings is 1. The summed E-state index contributed by atoms with van der Waals surface area (Å²) in [6, 6.07) is 3.12. The molecule has 8 heteroatoms. The van der Waals surface area contributed by atoms with Crippen LogP contribution in [0.5, 0.6) is 0 Å². The van der Waals surface area contributed by atoms with Crippen molar-refractivity contribution in [1.82, 2.24) is 0 Å². The van der Waals surface area contributed by atoms with Crippen LogP contribution in [0.15, 0.2) is 18.2 Å². The lowest BCUT2D eigenvalue weighted by Crippen LogP contribution is -2.44. The molecule has 21 heavy (non-hydrogen) atoms. The zero-order valence-corrected chi connectivity index (χ0v) is 11.9. The van der Waals surface area contributed by atoms with Crippen LogP contribution in [0.25, 0.3) is 0 Å². The number of rotatable bonds is 4. The molecule has 2 rings (SSSR count). The van der Waals surface area contributed by atoms with E-state index in [1.165, 1.54) is 6.07 Å². The Labute approximate surface area is 125 Å². The van der Waals surface area contributed by atoms with Crippen molar-refractivity contribution in [3.63, 3.8) is 0 Å². The molecule has 1 aromatic rings. The first-order valence-corrected chi connectivity index (χ1v) is 6.71. The van der Waals surface area contributed by atoms with E-state index in [2.05, 4.69) is 5.32 Å². The molecule has 0 bridgehead atoms. The first-order chi connectivity index (χ1) is 9.93. The van der Waals surface area contributed by atoms with Crippen LogP contribution in [-0.4, -0.2) is 29.4 Å². The van der Waals surface area contributed by atoms with Crippen LogP contribution in [0.4, 0.5) is 5.69 Å². The zero-order valence-electron chi connectivity index (χ0n) is 11.2. The maximum absolute atomic E-state index is 11.9. The Bertz CT molecular complexity index is 604. The number of nitro groups is 1. The largest absolute Gasteiger partial charge is 0.466 e. The van der Waals surface area contributed by atoms with Gasteiger partial charge in [0.1, 0.15) is 0 Å². The standard InChI is InChI=1S/C13H13ClN2O5/c1-2-21-11(17)6-9-8-4-3-7(14)5-10(8)15-13(18)12(9)16(19)20/h3-5,9,12H,2,6H2,1H3,(H,15,18). The Morgan fingerprint density at radius 1 is 1.52 bits per heavy atom. The minimum atomic E-state index is -1.52. The van der Waals surface area contributed by atoms with Gasteiger partial charge in [0.2, 0.25) is 0 Å². The second-order valence-corrected chi connectivity index (χ2v) is 5.00. The summed E-state index contributed by atoms with van der Waals surface area (Å²) in [7, 11) is 0. The third-order valence-electron chi connectivity index (χ3n) is 3.24. The number of anilines is 1. The highest BCUT2D eigenvalue weighted by Gasteiger charge is 2.45. The molecule has 0 saturated carbocycles. The van der Waals surface area contributed by atoms with Gasteiger partial charge in [-0.25, -0.2) is 0 Å². The van der Waals surface area contributed by atoms with Crippen molar-refractivity contribution >= 4 is 29.2 Å². The van der Waals surface area contributed by atoms with Gasteiger partial charge in [-0.15, -0.1) is 0 Å². The highest BCUT2D eigenvalue weighted by molar-refractivity contribution is 6.31. The maximum atomic E-state index is 11.9. The molecular formula is C13H13ClN2O5. The maximum Gasteiger partial charge on any atom is 0.306 e. The van der Waals surface area contributed by atoms with Gasteiger partial charge in [-0.3, -0.25) is 19.7 Å². The fraction of sp³-hybridized carbons (Fsp3) is 0.385. The van der Waals surface area contributed by atoms with Crippen molar-refractivity contribution in [2.24, 2.45) is 0 Å². The van der Waals surface area contributed by atoms with Crippen LogP contribution in [0, 0.1) is 10.1 Å². The van der Waals surface area contributed by atoms with Gasteiger partial charge in [0.05, 0.1) is 18.9 Å². The minimum absolute atomic E-state index is 0.175. The Kier molecular flexibility index (Phi) is 4.42. The number of carbonyl (C=O) groups is 2. The number of fused-ring (bicyclic) bond motifs is 1. The average Bonchev–Trinajstić information content (AvgIpc) is 2.37. The third-order valence-corrected chi connectivity index (χ3v) is 3.48. The smallest absolute Gasteiger partial charge is 0.306 e. The summed E-state index contributed by atoms with van der Waals surface area (Å²) in [5, 5.41) is 14.0. The SMILES string of the molecule is CCOC(=O)CC1c2ccc(Cl)cc2NC(=O)C1[N+](=O)[O-]. The molecule has 0 spiro atoms. The van der Waals surface area contributed by atoms with Crippen LogP contribution in [0.1, 0.15) is 24.8 Å². The fourth-order valence-corrected chi connectivity index (χ4v) is 2.56. The van der Waals surface area contributed by atoms with E-state index < -0.39 is 28.8 Å². The fourth-order valence-electron chi connectivity index (χ4n) is 2.38. The molecule has 1 aromatic carbocycles. The monoisotopic (exact) mass is 312 g/mol.